The summed E-state index contributed by atoms with van der Waals surface area (Å²) in [6.45, 7) is 13.2. The summed E-state index contributed by atoms with van der Waals surface area (Å²) < 4.78 is 11.4. The topological polar surface area (TPSA) is 52.6 Å². The van der Waals surface area contributed by atoms with E-state index in [1.54, 1.807) is 0 Å². The van der Waals surface area contributed by atoms with Crippen LogP contribution in [-0.4, -0.2) is 24.1 Å². The molecule has 0 aromatic carbocycles. The van der Waals surface area contributed by atoms with E-state index in [9.17, 15) is 9.59 Å². The predicted molar refractivity (Wildman–Crippen MR) is 112 cm³/mol. The fraction of sp³-hybridized carbons (Fsp3) is 0.833. The van der Waals surface area contributed by atoms with Crippen LogP contribution in [0.25, 0.3) is 0 Å². The third-order valence-electron chi connectivity index (χ3n) is 6.81. The Labute approximate surface area is 171 Å². The third-order valence-corrected chi connectivity index (χ3v) is 6.81. The Morgan fingerprint density at radius 3 is 1.39 bits per heavy atom. The van der Waals surface area contributed by atoms with Gasteiger partial charge in [0, 0.05) is 12.2 Å². The van der Waals surface area contributed by atoms with E-state index in [-0.39, 0.29) is 12.2 Å². The lowest BCUT2D eigenvalue weighted by Gasteiger charge is -2.36. The van der Waals surface area contributed by atoms with E-state index in [2.05, 4.69) is 41.5 Å². The second-order valence-corrected chi connectivity index (χ2v) is 9.94. The van der Waals surface area contributed by atoms with E-state index in [4.69, 9.17) is 9.47 Å². The van der Waals surface area contributed by atoms with Crippen LogP contribution in [0.4, 0.5) is 0 Å². The summed E-state index contributed by atoms with van der Waals surface area (Å²) in [7, 11) is 0. The molecule has 0 amide bonds. The van der Waals surface area contributed by atoms with Crippen molar-refractivity contribution in [3.63, 3.8) is 0 Å². The Hall–Kier alpha value is -1.32. The molecule has 0 radical (unpaired) electrons. The molecule has 4 nitrogen and oxygen atoms in total. The molecule has 0 aromatic heterocycles. The SMILES string of the molecule is CC(C)[C@@H]1CC[C@@H](C)C[C@@H]1OC(=O)/C=C/C(=O)O[C@H]1C[C@H](C)CC[C@H]1C(C)C. The van der Waals surface area contributed by atoms with Gasteiger partial charge in [0.25, 0.3) is 0 Å². The standard InChI is InChI=1S/C24H40O4/c1-15(2)19-9-7-17(5)13-21(19)27-23(25)11-12-24(26)28-22-14-18(6)8-10-20(22)16(3)4/h11-12,15-22H,7-10,13-14H2,1-6H3/b12-11+/t17-,18-,19+,20+,21+,22+/m1/s1. The van der Waals surface area contributed by atoms with E-state index in [1.807, 2.05) is 0 Å². The Kier molecular flexibility index (Phi) is 8.57. The fourth-order valence-electron chi connectivity index (χ4n) is 5.01. The Morgan fingerprint density at radius 2 is 1.07 bits per heavy atom. The molecule has 2 rings (SSSR count). The monoisotopic (exact) mass is 392 g/mol. The highest BCUT2D eigenvalue weighted by Gasteiger charge is 2.34. The maximum absolute atomic E-state index is 12.3. The van der Waals surface area contributed by atoms with Crippen molar-refractivity contribution >= 4 is 11.9 Å². The van der Waals surface area contributed by atoms with E-state index >= 15 is 0 Å². The van der Waals surface area contributed by atoms with Gasteiger partial charge in [-0.15, -0.1) is 0 Å². The number of carbonyl (C=O) groups excluding carboxylic acids is 2. The summed E-state index contributed by atoms with van der Waals surface area (Å²) in [5.41, 5.74) is 0. The second-order valence-electron chi connectivity index (χ2n) is 9.94. The quantitative estimate of drug-likeness (QED) is 0.439. The summed E-state index contributed by atoms with van der Waals surface area (Å²) >= 11 is 0. The summed E-state index contributed by atoms with van der Waals surface area (Å²) in [4.78, 5) is 24.6. The van der Waals surface area contributed by atoms with E-state index in [1.165, 1.54) is 25.0 Å². The van der Waals surface area contributed by atoms with E-state index in [0.717, 1.165) is 25.7 Å². The molecule has 2 fully saturated rings. The highest BCUT2D eigenvalue weighted by molar-refractivity contribution is 5.91. The van der Waals surface area contributed by atoms with E-state index in [0.29, 0.717) is 35.5 Å². The number of esters is 2. The lowest BCUT2D eigenvalue weighted by molar-refractivity contribution is -0.152. The summed E-state index contributed by atoms with van der Waals surface area (Å²) in [6.07, 6.45) is 8.77. The van der Waals surface area contributed by atoms with Crippen LogP contribution < -0.4 is 0 Å². The lowest BCUT2D eigenvalue weighted by Crippen LogP contribution is -2.36. The fourth-order valence-corrected chi connectivity index (χ4v) is 5.01. The molecule has 0 bridgehead atoms. The Morgan fingerprint density at radius 1 is 0.714 bits per heavy atom. The van der Waals surface area contributed by atoms with Crippen LogP contribution >= 0.6 is 0 Å². The first kappa shape index (κ1) is 23.0. The first-order valence-electron chi connectivity index (χ1n) is 11.3. The van der Waals surface area contributed by atoms with Crippen LogP contribution in [-0.2, 0) is 19.1 Å². The zero-order valence-corrected chi connectivity index (χ0v) is 18.6. The van der Waals surface area contributed by atoms with Crippen molar-refractivity contribution in [3.8, 4) is 0 Å². The molecular formula is C24H40O4. The van der Waals surface area contributed by atoms with Crippen LogP contribution in [0.15, 0.2) is 12.2 Å². The summed E-state index contributed by atoms with van der Waals surface area (Å²) in [6, 6.07) is 0. The molecule has 0 heterocycles. The molecule has 4 heteroatoms. The van der Waals surface area contributed by atoms with Gasteiger partial charge < -0.3 is 9.47 Å². The molecule has 0 saturated heterocycles. The van der Waals surface area contributed by atoms with Gasteiger partial charge in [0.2, 0.25) is 0 Å². The van der Waals surface area contributed by atoms with Gasteiger partial charge in [0.1, 0.15) is 12.2 Å². The van der Waals surface area contributed by atoms with Gasteiger partial charge in [-0.1, -0.05) is 54.4 Å². The van der Waals surface area contributed by atoms with Crippen LogP contribution in [0.2, 0.25) is 0 Å². The molecule has 0 aliphatic heterocycles. The average molecular weight is 393 g/mol. The maximum Gasteiger partial charge on any atom is 0.331 e. The lowest BCUT2D eigenvalue weighted by atomic mass is 9.75. The third kappa shape index (κ3) is 6.63. The number of hydrogen-bond acceptors (Lipinski definition) is 4. The normalized spacial score (nSPS) is 34.0. The van der Waals surface area contributed by atoms with Gasteiger partial charge in [0.05, 0.1) is 0 Å². The number of carbonyl (C=O) groups is 2. The molecule has 2 saturated carbocycles. The van der Waals surface area contributed by atoms with Gasteiger partial charge in [-0.05, 0) is 61.2 Å². The molecule has 0 unspecified atom stereocenters. The molecule has 160 valence electrons. The largest absolute Gasteiger partial charge is 0.459 e. The highest BCUT2D eigenvalue weighted by atomic mass is 16.5. The molecular weight excluding hydrogens is 352 g/mol. The molecule has 6 atom stereocenters. The predicted octanol–water partition coefficient (Wildman–Crippen LogP) is 5.55. The second kappa shape index (κ2) is 10.5. The average Bonchev–Trinajstić information content (AvgIpc) is 2.59. The minimum atomic E-state index is -0.431. The van der Waals surface area contributed by atoms with Crippen molar-refractivity contribution < 1.29 is 19.1 Å². The van der Waals surface area contributed by atoms with Crippen LogP contribution in [0.5, 0.6) is 0 Å². The minimum Gasteiger partial charge on any atom is -0.459 e. The number of ether oxygens (including phenoxy) is 2. The molecule has 0 N–H and O–H groups in total. The smallest absolute Gasteiger partial charge is 0.331 e. The minimum absolute atomic E-state index is 0.0542. The number of hydrogen-bond donors (Lipinski definition) is 0. The zero-order chi connectivity index (χ0) is 20.8. The van der Waals surface area contributed by atoms with Gasteiger partial charge in [-0.25, -0.2) is 9.59 Å². The number of rotatable bonds is 6. The van der Waals surface area contributed by atoms with Crippen molar-refractivity contribution in [2.45, 2.75) is 92.3 Å². The highest BCUT2D eigenvalue weighted by Crippen LogP contribution is 2.36. The summed E-state index contributed by atoms with van der Waals surface area (Å²) in [5.74, 6) is 2.05. The van der Waals surface area contributed by atoms with Crippen LogP contribution in [0, 0.1) is 35.5 Å². The Bertz CT molecular complexity index is 503. The van der Waals surface area contributed by atoms with Crippen molar-refractivity contribution in [1.29, 1.82) is 0 Å². The first-order chi connectivity index (χ1) is 13.2. The zero-order valence-electron chi connectivity index (χ0n) is 18.6. The van der Waals surface area contributed by atoms with Crippen molar-refractivity contribution in [3.05, 3.63) is 12.2 Å². The molecule has 2 aliphatic carbocycles. The first-order valence-corrected chi connectivity index (χ1v) is 11.3. The van der Waals surface area contributed by atoms with Gasteiger partial charge >= 0.3 is 11.9 Å². The molecule has 0 aromatic rings. The van der Waals surface area contributed by atoms with Crippen molar-refractivity contribution in [2.24, 2.45) is 35.5 Å². The van der Waals surface area contributed by atoms with E-state index < -0.39 is 11.9 Å². The maximum atomic E-state index is 12.3. The molecule has 0 spiro atoms. The summed E-state index contributed by atoms with van der Waals surface area (Å²) in [5, 5.41) is 0. The molecule has 2 aliphatic rings. The Balaban J connectivity index is 1.89. The van der Waals surface area contributed by atoms with Gasteiger partial charge in [-0.3, -0.25) is 0 Å². The van der Waals surface area contributed by atoms with Gasteiger partial charge in [-0.2, -0.15) is 0 Å². The van der Waals surface area contributed by atoms with Crippen LogP contribution in [0.3, 0.4) is 0 Å². The van der Waals surface area contributed by atoms with Crippen molar-refractivity contribution in [2.75, 3.05) is 0 Å². The molecule has 28 heavy (non-hydrogen) atoms. The van der Waals surface area contributed by atoms with Gasteiger partial charge in [0.15, 0.2) is 0 Å². The van der Waals surface area contributed by atoms with Crippen LogP contribution in [0.1, 0.15) is 80.1 Å². The van der Waals surface area contributed by atoms with Crippen molar-refractivity contribution in [1.82, 2.24) is 0 Å².